The maximum Gasteiger partial charge on any atom is 0.171 e. The third kappa shape index (κ3) is 0.930. The highest BCUT2D eigenvalue weighted by Gasteiger charge is 2.57. The zero-order chi connectivity index (χ0) is 8.18. The molecule has 3 aliphatic rings. The summed E-state index contributed by atoms with van der Waals surface area (Å²) in [5.41, 5.74) is 0. The topological polar surface area (TPSA) is 18.5 Å². The molecule has 2 aliphatic carbocycles. The number of alkyl halides is 1. The Kier molecular flexibility index (Phi) is 1.72. The first kappa shape index (κ1) is 8.00. The van der Waals surface area contributed by atoms with Crippen molar-refractivity contribution in [2.24, 2.45) is 11.8 Å². The van der Waals surface area contributed by atoms with E-state index in [9.17, 15) is 0 Å². The molecule has 2 saturated carbocycles. The molecular weight excluding hydrogens is 267 g/mol. The third-order valence-electron chi connectivity index (χ3n) is 3.55. The zero-order valence-corrected chi connectivity index (χ0v) is 9.12. The van der Waals surface area contributed by atoms with Crippen molar-refractivity contribution >= 4 is 22.6 Å². The Labute approximate surface area is 86.1 Å². The second-order valence-corrected chi connectivity index (χ2v) is 5.76. The Hall–Kier alpha value is 0.650. The SMILES string of the molecule is IC1C[C@@H]2C[C@H]1CC21OCCO1. The summed E-state index contributed by atoms with van der Waals surface area (Å²) in [6, 6.07) is 0. The van der Waals surface area contributed by atoms with E-state index in [2.05, 4.69) is 22.6 Å². The Balaban J connectivity index is 1.85. The van der Waals surface area contributed by atoms with Crippen LogP contribution in [-0.2, 0) is 9.47 Å². The van der Waals surface area contributed by atoms with Crippen molar-refractivity contribution in [2.75, 3.05) is 13.2 Å². The van der Waals surface area contributed by atoms with Crippen LogP contribution >= 0.6 is 22.6 Å². The Morgan fingerprint density at radius 1 is 1.17 bits per heavy atom. The number of hydrogen-bond acceptors (Lipinski definition) is 2. The lowest BCUT2D eigenvalue weighted by Crippen LogP contribution is -2.38. The smallest absolute Gasteiger partial charge is 0.171 e. The highest BCUT2D eigenvalue weighted by Crippen LogP contribution is 2.56. The van der Waals surface area contributed by atoms with E-state index in [1.807, 2.05) is 0 Å². The summed E-state index contributed by atoms with van der Waals surface area (Å²) in [5.74, 6) is 1.45. The van der Waals surface area contributed by atoms with Crippen molar-refractivity contribution in [1.29, 1.82) is 0 Å². The first-order valence-electron chi connectivity index (χ1n) is 4.72. The molecule has 0 aromatic carbocycles. The highest BCUT2D eigenvalue weighted by atomic mass is 127. The summed E-state index contributed by atoms with van der Waals surface area (Å²) in [7, 11) is 0. The Morgan fingerprint density at radius 2 is 1.92 bits per heavy atom. The standard InChI is InChI=1S/C9H13IO2/c10-8-4-7-3-6(8)5-9(7)11-1-2-12-9/h6-8H,1-5H2/t6-,7-,8?/m0/s1. The lowest BCUT2D eigenvalue weighted by atomic mass is 9.94. The van der Waals surface area contributed by atoms with Gasteiger partial charge in [0.25, 0.3) is 0 Å². The molecule has 12 heavy (non-hydrogen) atoms. The Bertz CT molecular complexity index is 199. The molecule has 1 unspecified atom stereocenters. The van der Waals surface area contributed by atoms with Crippen LogP contribution in [0.15, 0.2) is 0 Å². The van der Waals surface area contributed by atoms with E-state index >= 15 is 0 Å². The average Bonchev–Trinajstić information content (AvgIpc) is 2.68. The van der Waals surface area contributed by atoms with Crippen molar-refractivity contribution in [3.05, 3.63) is 0 Å². The van der Waals surface area contributed by atoms with Crippen LogP contribution < -0.4 is 0 Å². The number of halogens is 1. The minimum absolute atomic E-state index is 0.119. The molecule has 0 aromatic heterocycles. The molecular formula is C9H13IO2. The van der Waals surface area contributed by atoms with Gasteiger partial charge in [-0.2, -0.15) is 0 Å². The van der Waals surface area contributed by atoms with E-state index in [-0.39, 0.29) is 5.79 Å². The van der Waals surface area contributed by atoms with Gasteiger partial charge in [0.15, 0.2) is 5.79 Å². The lowest BCUT2D eigenvalue weighted by Gasteiger charge is -2.33. The zero-order valence-electron chi connectivity index (χ0n) is 6.96. The summed E-state index contributed by atoms with van der Waals surface area (Å²) in [4.78, 5) is 0. The number of hydrogen-bond donors (Lipinski definition) is 0. The van der Waals surface area contributed by atoms with Crippen molar-refractivity contribution in [2.45, 2.75) is 29.0 Å². The summed E-state index contributed by atoms with van der Waals surface area (Å²) in [6.07, 6.45) is 3.81. The van der Waals surface area contributed by atoms with Gasteiger partial charge in [-0.05, 0) is 18.8 Å². The Morgan fingerprint density at radius 3 is 2.42 bits per heavy atom. The second kappa shape index (κ2) is 2.58. The van der Waals surface area contributed by atoms with E-state index < -0.39 is 0 Å². The quantitative estimate of drug-likeness (QED) is 0.499. The maximum atomic E-state index is 5.76. The second-order valence-electron chi connectivity index (χ2n) is 4.16. The number of ether oxygens (including phenoxy) is 2. The first-order chi connectivity index (χ1) is 5.80. The molecule has 3 rings (SSSR count). The normalized spacial score (nSPS) is 49.2. The van der Waals surface area contributed by atoms with Crippen LogP contribution in [0.25, 0.3) is 0 Å². The molecule has 0 amide bonds. The van der Waals surface area contributed by atoms with E-state index in [0.29, 0.717) is 5.92 Å². The van der Waals surface area contributed by atoms with Gasteiger partial charge in [0.1, 0.15) is 0 Å². The molecule has 1 heterocycles. The number of fused-ring (bicyclic) bond motifs is 3. The molecule has 1 spiro atoms. The van der Waals surface area contributed by atoms with Gasteiger partial charge < -0.3 is 9.47 Å². The summed E-state index contributed by atoms with van der Waals surface area (Å²) in [5, 5.41) is 0. The lowest BCUT2D eigenvalue weighted by molar-refractivity contribution is -0.189. The van der Waals surface area contributed by atoms with Crippen LogP contribution in [0, 0.1) is 11.8 Å². The predicted octanol–water partition coefficient (Wildman–Crippen LogP) is 1.96. The predicted molar refractivity (Wildman–Crippen MR) is 53.3 cm³/mol. The fourth-order valence-electron chi connectivity index (χ4n) is 3.00. The summed E-state index contributed by atoms with van der Waals surface area (Å²) in [6.45, 7) is 1.63. The highest BCUT2D eigenvalue weighted by molar-refractivity contribution is 14.1. The van der Waals surface area contributed by atoms with Gasteiger partial charge in [-0.1, -0.05) is 22.6 Å². The van der Waals surface area contributed by atoms with Crippen molar-refractivity contribution < 1.29 is 9.47 Å². The van der Waals surface area contributed by atoms with Crippen LogP contribution in [0.3, 0.4) is 0 Å². The van der Waals surface area contributed by atoms with E-state index in [1.165, 1.54) is 12.8 Å². The molecule has 2 nitrogen and oxygen atoms in total. The fraction of sp³-hybridized carbons (Fsp3) is 1.00. The monoisotopic (exact) mass is 280 g/mol. The molecule has 0 aromatic rings. The van der Waals surface area contributed by atoms with Crippen LogP contribution in [0.4, 0.5) is 0 Å². The molecule has 3 atom stereocenters. The van der Waals surface area contributed by atoms with E-state index in [0.717, 1.165) is 29.5 Å². The first-order valence-corrected chi connectivity index (χ1v) is 5.97. The molecule has 3 fully saturated rings. The molecule has 68 valence electrons. The van der Waals surface area contributed by atoms with Crippen molar-refractivity contribution in [3.63, 3.8) is 0 Å². The van der Waals surface area contributed by atoms with Gasteiger partial charge >= 0.3 is 0 Å². The average molecular weight is 280 g/mol. The third-order valence-corrected chi connectivity index (χ3v) is 5.08. The number of rotatable bonds is 0. The minimum atomic E-state index is -0.119. The molecule has 2 bridgehead atoms. The van der Waals surface area contributed by atoms with Crippen molar-refractivity contribution in [3.8, 4) is 0 Å². The fourth-order valence-corrected chi connectivity index (χ4v) is 4.16. The van der Waals surface area contributed by atoms with Gasteiger partial charge in [0.2, 0.25) is 0 Å². The molecule has 1 saturated heterocycles. The van der Waals surface area contributed by atoms with Crippen LogP contribution in [0.2, 0.25) is 0 Å². The van der Waals surface area contributed by atoms with Gasteiger partial charge in [0, 0.05) is 16.3 Å². The largest absolute Gasteiger partial charge is 0.347 e. The van der Waals surface area contributed by atoms with Crippen LogP contribution in [0.1, 0.15) is 19.3 Å². The van der Waals surface area contributed by atoms with Gasteiger partial charge in [0.05, 0.1) is 13.2 Å². The molecule has 0 N–H and O–H groups in total. The van der Waals surface area contributed by atoms with E-state index in [1.54, 1.807) is 0 Å². The van der Waals surface area contributed by atoms with Gasteiger partial charge in [-0.15, -0.1) is 0 Å². The van der Waals surface area contributed by atoms with Crippen LogP contribution in [-0.4, -0.2) is 22.9 Å². The van der Waals surface area contributed by atoms with Gasteiger partial charge in [-0.25, -0.2) is 0 Å². The molecule has 3 heteroatoms. The van der Waals surface area contributed by atoms with Crippen LogP contribution in [0.5, 0.6) is 0 Å². The molecule has 1 aliphatic heterocycles. The van der Waals surface area contributed by atoms with Crippen molar-refractivity contribution in [1.82, 2.24) is 0 Å². The maximum absolute atomic E-state index is 5.76. The summed E-state index contributed by atoms with van der Waals surface area (Å²) < 4.78 is 12.4. The molecule has 0 radical (unpaired) electrons. The summed E-state index contributed by atoms with van der Waals surface area (Å²) >= 11 is 2.58. The van der Waals surface area contributed by atoms with Gasteiger partial charge in [-0.3, -0.25) is 0 Å². The van der Waals surface area contributed by atoms with E-state index in [4.69, 9.17) is 9.47 Å². The minimum Gasteiger partial charge on any atom is -0.347 e.